The molecule has 4 aliphatic carbocycles. The van der Waals surface area contributed by atoms with Crippen LogP contribution in [-0.2, 0) is 4.79 Å². The van der Waals surface area contributed by atoms with Crippen molar-refractivity contribution in [1.29, 1.82) is 0 Å². The molecule has 0 aromatic carbocycles. The first-order valence-electron chi connectivity index (χ1n) is 10.0. The van der Waals surface area contributed by atoms with Gasteiger partial charge in [-0.05, 0) is 99.2 Å². The number of Topliss-reactive ketones (excluding diaryl/α,β-unsaturated/α-hetero) is 1. The van der Waals surface area contributed by atoms with Crippen LogP contribution < -0.4 is 0 Å². The number of fused-ring (bicyclic) bond motifs is 5. The molecule has 130 valence electrons. The lowest BCUT2D eigenvalue weighted by Crippen LogP contribution is -2.54. The highest BCUT2D eigenvalue weighted by atomic mass is 16.3. The molecule has 0 aromatic rings. The number of hydrogen-bond donors (Lipinski definition) is 1. The van der Waals surface area contributed by atoms with Crippen LogP contribution in [0.3, 0.4) is 0 Å². The Balaban J connectivity index is 1.58. The van der Waals surface area contributed by atoms with Crippen molar-refractivity contribution >= 4 is 5.78 Å². The number of aliphatic hydroxyl groups excluding tert-OH is 1. The Labute approximate surface area is 141 Å². The van der Waals surface area contributed by atoms with Gasteiger partial charge in [-0.15, -0.1) is 0 Å². The zero-order valence-electron chi connectivity index (χ0n) is 15.2. The summed E-state index contributed by atoms with van der Waals surface area (Å²) < 4.78 is 0. The lowest BCUT2D eigenvalue weighted by molar-refractivity contribution is -0.138. The van der Waals surface area contributed by atoms with E-state index in [2.05, 4.69) is 13.8 Å². The summed E-state index contributed by atoms with van der Waals surface area (Å²) in [5.74, 6) is 3.95. The molecule has 4 saturated carbocycles. The van der Waals surface area contributed by atoms with Crippen LogP contribution in [0.4, 0.5) is 0 Å². The summed E-state index contributed by atoms with van der Waals surface area (Å²) in [7, 11) is 0. The van der Waals surface area contributed by atoms with E-state index in [9.17, 15) is 9.90 Å². The SMILES string of the molecule is CC(=O)[C@H]1CC[C@@]2(C)[C@H](CC[C@H]3[C@H]4CC[C@H](O)[C@]4(C)CC[C@@H]32)C1. The Morgan fingerprint density at radius 2 is 1.61 bits per heavy atom. The van der Waals surface area contributed by atoms with Crippen molar-refractivity contribution < 1.29 is 9.90 Å². The molecule has 0 amide bonds. The smallest absolute Gasteiger partial charge is 0.132 e. The van der Waals surface area contributed by atoms with Gasteiger partial charge in [0.15, 0.2) is 0 Å². The van der Waals surface area contributed by atoms with Crippen LogP contribution in [0.25, 0.3) is 0 Å². The molecule has 0 unspecified atom stereocenters. The van der Waals surface area contributed by atoms with Crippen molar-refractivity contribution in [2.75, 3.05) is 0 Å². The molecular formula is C21H34O2. The Hall–Kier alpha value is -0.370. The second-order valence-corrected chi connectivity index (χ2v) is 9.88. The van der Waals surface area contributed by atoms with E-state index in [1.165, 1.54) is 38.5 Å². The predicted octanol–water partition coefficient (Wildman–Crippen LogP) is 4.60. The van der Waals surface area contributed by atoms with E-state index < -0.39 is 0 Å². The van der Waals surface area contributed by atoms with E-state index in [4.69, 9.17) is 0 Å². The van der Waals surface area contributed by atoms with E-state index in [-0.39, 0.29) is 11.5 Å². The molecule has 2 heteroatoms. The van der Waals surface area contributed by atoms with Crippen molar-refractivity contribution in [3.63, 3.8) is 0 Å². The first kappa shape index (κ1) is 16.1. The number of hydrogen-bond acceptors (Lipinski definition) is 2. The van der Waals surface area contributed by atoms with Crippen molar-refractivity contribution in [3.05, 3.63) is 0 Å². The van der Waals surface area contributed by atoms with E-state index >= 15 is 0 Å². The Morgan fingerprint density at radius 3 is 2.35 bits per heavy atom. The first-order valence-corrected chi connectivity index (χ1v) is 10.0. The highest BCUT2D eigenvalue weighted by Gasteiger charge is 2.60. The molecule has 0 spiro atoms. The van der Waals surface area contributed by atoms with Crippen LogP contribution in [0.5, 0.6) is 0 Å². The summed E-state index contributed by atoms with van der Waals surface area (Å²) in [4.78, 5) is 11.9. The molecular weight excluding hydrogens is 284 g/mol. The van der Waals surface area contributed by atoms with Gasteiger partial charge in [0.25, 0.3) is 0 Å². The van der Waals surface area contributed by atoms with Crippen LogP contribution >= 0.6 is 0 Å². The minimum absolute atomic E-state index is 0.0626. The van der Waals surface area contributed by atoms with Crippen molar-refractivity contribution in [2.45, 2.75) is 84.7 Å². The van der Waals surface area contributed by atoms with Crippen LogP contribution in [0.2, 0.25) is 0 Å². The lowest BCUT2D eigenvalue weighted by atomic mass is 9.44. The molecule has 23 heavy (non-hydrogen) atoms. The van der Waals surface area contributed by atoms with Gasteiger partial charge in [-0.25, -0.2) is 0 Å². The maximum atomic E-state index is 11.9. The summed E-state index contributed by atoms with van der Waals surface area (Å²) >= 11 is 0. The Bertz CT molecular complexity index is 500. The summed E-state index contributed by atoms with van der Waals surface area (Å²) in [5.41, 5.74) is 0.657. The van der Waals surface area contributed by atoms with Crippen LogP contribution in [0.15, 0.2) is 0 Å². The molecule has 0 radical (unpaired) electrons. The Kier molecular flexibility index (Phi) is 3.72. The zero-order chi connectivity index (χ0) is 16.4. The van der Waals surface area contributed by atoms with Crippen LogP contribution in [0.1, 0.15) is 78.6 Å². The number of carbonyl (C=O) groups excluding carboxylic acids is 1. The second kappa shape index (κ2) is 5.31. The molecule has 0 aliphatic heterocycles. The maximum Gasteiger partial charge on any atom is 0.132 e. The van der Waals surface area contributed by atoms with Crippen LogP contribution in [-0.4, -0.2) is 17.0 Å². The number of rotatable bonds is 1. The van der Waals surface area contributed by atoms with Crippen molar-refractivity contribution in [3.8, 4) is 0 Å². The van der Waals surface area contributed by atoms with Gasteiger partial charge in [-0.1, -0.05) is 13.8 Å². The third-order valence-electron chi connectivity index (χ3n) is 9.19. The van der Waals surface area contributed by atoms with Gasteiger partial charge in [0, 0.05) is 5.92 Å². The third-order valence-corrected chi connectivity index (χ3v) is 9.19. The maximum absolute atomic E-state index is 11.9. The average Bonchev–Trinajstić information content (AvgIpc) is 2.82. The Morgan fingerprint density at radius 1 is 0.913 bits per heavy atom. The fourth-order valence-electron chi connectivity index (χ4n) is 7.60. The first-order chi connectivity index (χ1) is 10.9. The fourth-order valence-corrected chi connectivity index (χ4v) is 7.60. The van der Waals surface area contributed by atoms with Gasteiger partial charge in [0.1, 0.15) is 5.78 Å². The summed E-state index contributed by atoms with van der Waals surface area (Å²) in [6.45, 7) is 6.72. The zero-order valence-corrected chi connectivity index (χ0v) is 15.2. The third kappa shape index (κ3) is 2.19. The normalized spacial score (nSPS) is 55.7. The molecule has 0 saturated heterocycles. The summed E-state index contributed by atoms with van der Waals surface area (Å²) in [6, 6.07) is 0. The topological polar surface area (TPSA) is 37.3 Å². The van der Waals surface area contributed by atoms with E-state index in [0.29, 0.717) is 17.1 Å². The number of aliphatic hydroxyl groups is 1. The molecule has 4 aliphatic rings. The van der Waals surface area contributed by atoms with Gasteiger partial charge in [0.2, 0.25) is 0 Å². The predicted molar refractivity (Wildman–Crippen MR) is 91.9 cm³/mol. The van der Waals surface area contributed by atoms with Gasteiger partial charge in [-0.3, -0.25) is 4.79 Å². The molecule has 0 aromatic heterocycles. The minimum atomic E-state index is -0.0626. The molecule has 0 heterocycles. The molecule has 8 atom stereocenters. The summed E-state index contributed by atoms with van der Waals surface area (Å²) in [6.07, 6.45) is 10.9. The van der Waals surface area contributed by atoms with Gasteiger partial charge < -0.3 is 5.11 Å². The van der Waals surface area contributed by atoms with Gasteiger partial charge in [0.05, 0.1) is 6.10 Å². The number of ketones is 1. The molecule has 0 bridgehead atoms. The quantitative estimate of drug-likeness (QED) is 0.767. The molecule has 4 fully saturated rings. The van der Waals surface area contributed by atoms with E-state index in [0.717, 1.165) is 42.9 Å². The monoisotopic (exact) mass is 318 g/mol. The van der Waals surface area contributed by atoms with Crippen molar-refractivity contribution in [1.82, 2.24) is 0 Å². The fraction of sp³-hybridized carbons (Fsp3) is 0.952. The average molecular weight is 319 g/mol. The van der Waals surface area contributed by atoms with Gasteiger partial charge >= 0.3 is 0 Å². The molecule has 2 nitrogen and oxygen atoms in total. The van der Waals surface area contributed by atoms with Gasteiger partial charge in [-0.2, -0.15) is 0 Å². The van der Waals surface area contributed by atoms with E-state index in [1.807, 2.05) is 0 Å². The van der Waals surface area contributed by atoms with Crippen LogP contribution in [0, 0.1) is 40.4 Å². The molecule has 1 N–H and O–H groups in total. The largest absolute Gasteiger partial charge is 0.393 e. The lowest BCUT2D eigenvalue weighted by Gasteiger charge is -2.60. The van der Waals surface area contributed by atoms with Crippen molar-refractivity contribution in [2.24, 2.45) is 40.4 Å². The highest BCUT2D eigenvalue weighted by molar-refractivity contribution is 5.78. The standard InChI is InChI=1S/C21H34O2/c1-13(22)14-8-10-20(2)15(12-14)4-5-16-17-6-7-19(23)21(17,3)11-9-18(16)20/h14-19,23H,4-12H2,1-3H3/t14-,15+,16-,17+,18-,19-,20-,21+/m0/s1. The number of carbonyl (C=O) groups is 1. The highest BCUT2D eigenvalue weighted by Crippen LogP contribution is 2.66. The molecule has 4 rings (SSSR count). The van der Waals surface area contributed by atoms with E-state index in [1.54, 1.807) is 6.92 Å². The minimum Gasteiger partial charge on any atom is -0.393 e. The summed E-state index contributed by atoms with van der Waals surface area (Å²) in [5, 5.41) is 10.5. The second-order valence-electron chi connectivity index (χ2n) is 9.88.